The highest BCUT2D eigenvalue weighted by Crippen LogP contribution is 2.39. The summed E-state index contributed by atoms with van der Waals surface area (Å²) in [6.07, 6.45) is 3.92. The number of carbonyl (C=O) groups is 2. The van der Waals surface area contributed by atoms with E-state index in [1.165, 1.54) is 24.2 Å². The van der Waals surface area contributed by atoms with Crippen LogP contribution in [0.15, 0.2) is 97.1 Å². The summed E-state index contributed by atoms with van der Waals surface area (Å²) >= 11 is 0. The van der Waals surface area contributed by atoms with E-state index in [9.17, 15) is 14.7 Å². The number of ether oxygens (including phenoxy) is 2. The summed E-state index contributed by atoms with van der Waals surface area (Å²) in [6.45, 7) is 3.32. The van der Waals surface area contributed by atoms with Crippen LogP contribution in [0.2, 0.25) is 0 Å². The van der Waals surface area contributed by atoms with Crippen molar-refractivity contribution in [3.63, 3.8) is 0 Å². The molecule has 2 fully saturated rings. The number of nitrogens with zero attached hydrogens (tertiary/aromatic N) is 2. The summed E-state index contributed by atoms with van der Waals surface area (Å²) in [5.74, 6) is -0.515. The zero-order valence-corrected chi connectivity index (χ0v) is 25.3. The van der Waals surface area contributed by atoms with Crippen LogP contribution in [0.25, 0.3) is 11.1 Å². The Bertz CT molecular complexity index is 1630. The van der Waals surface area contributed by atoms with E-state index >= 15 is 0 Å². The molecule has 45 heavy (non-hydrogen) atoms. The van der Waals surface area contributed by atoms with Gasteiger partial charge in [0.1, 0.15) is 0 Å². The maximum absolute atomic E-state index is 13.1. The van der Waals surface area contributed by atoms with Gasteiger partial charge < -0.3 is 19.5 Å². The van der Waals surface area contributed by atoms with Crippen molar-refractivity contribution in [2.45, 2.75) is 57.3 Å². The molecule has 7 heteroatoms. The Morgan fingerprint density at radius 1 is 0.689 bits per heavy atom. The summed E-state index contributed by atoms with van der Waals surface area (Å²) in [5, 5.41) is 9.52. The highest BCUT2D eigenvalue weighted by atomic mass is 16.7. The lowest BCUT2D eigenvalue weighted by Crippen LogP contribution is -2.41. The maximum Gasteiger partial charge on any atom is 0.261 e. The molecule has 0 aliphatic carbocycles. The topological polar surface area (TPSA) is 79.3 Å². The van der Waals surface area contributed by atoms with Crippen molar-refractivity contribution in [2.24, 2.45) is 0 Å². The summed E-state index contributed by atoms with van der Waals surface area (Å²) < 4.78 is 13.2. The number of piperidine rings is 1. The van der Waals surface area contributed by atoms with Crippen LogP contribution in [-0.2, 0) is 22.6 Å². The third-order valence-electron chi connectivity index (χ3n) is 9.24. The first-order valence-corrected chi connectivity index (χ1v) is 15.9. The first-order valence-electron chi connectivity index (χ1n) is 15.9. The van der Waals surface area contributed by atoms with Gasteiger partial charge in [-0.15, -0.1) is 0 Å². The fourth-order valence-electron chi connectivity index (χ4n) is 6.78. The van der Waals surface area contributed by atoms with Crippen molar-refractivity contribution in [2.75, 3.05) is 19.6 Å². The number of imide groups is 1. The number of aliphatic hydroxyl groups excluding tert-OH is 1. The van der Waals surface area contributed by atoms with Gasteiger partial charge in [-0.2, -0.15) is 0 Å². The van der Waals surface area contributed by atoms with Crippen LogP contribution in [0.5, 0.6) is 0 Å². The molecular weight excluding hydrogens is 564 g/mol. The Morgan fingerprint density at radius 3 is 1.98 bits per heavy atom. The minimum absolute atomic E-state index is 0.0168. The Balaban J connectivity index is 1.11. The largest absolute Gasteiger partial charge is 0.392 e. The number of hydrogen-bond donors (Lipinski definition) is 1. The zero-order chi connectivity index (χ0) is 30.8. The summed E-state index contributed by atoms with van der Waals surface area (Å²) in [5.41, 5.74) is 6.68. The fourth-order valence-corrected chi connectivity index (χ4v) is 6.78. The first kappa shape index (κ1) is 29.6. The molecule has 230 valence electrons. The van der Waals surface area contributed by atoms with Gasteiger partial charge in [0.2, 0.25) is 0 Å². The first-order chi connectivity index (χ1) is 22.1. The number of carbonyl (C=O) groups excluding carboxylic acids is 2. The molecule has 2 amide bonds. The molecule has 0 saturated carbocycles. The molecule has 3 aliphatic rings. The van der Waals surface area contributed by atoms with Crippen molar-refractivity contribution < 1.29 is 24.2 Å². The van der Waals surface area contributed by atoms with E-state index in [-0.39, 0.29) is 37.2 Å². The molecule has 0 aromatic heterocycles. The van der Waals surface area contributed by atoms with Crippen LogP contribution in [0.1, 0.15) is 81.0 Å². The molecule has 4 aromatic rings. The normalized spacial score (nSPS) is 22.1. The van der Waals surface area contributed by atoms with Crippen molar-refractivity contribution in [3.05, 3.63) is 130 Å². The lowest BCUT2D eigenvalue weighted by atomic mass is 9.97. The average molecular weight is 603 g/mol. The molecule has 0 unspecified atom stereocenters. The number of likely N-dealkylation sites (tertiary alicyclic amines) is 1. The van der Waals surface area contributed by atoms with Crippen molar-refractivity contribution >= 4 is 11.8 Å². The smallest absolute Gasteiger partial charge is 0.261 e. The number of hydrogen-bond acceptors (Lipinski definition) is 6. The number of rotatable bonds is 8. The fraction of sp³-hybridized carbons (Fsp3) is 0.316. The van der Waals surface area contributed by atoms with E-state index in [0.29, 0.717) is 11.1 Å². The summed E-state index contributed by atoms with van der Waals surface area (Å²) in [4.78, 5) is 30.0. The van der Waals surface area contributed by atoms with Crippen molar-refractivity contribution in [1.29, 1.82) is 0 Å². The van der Waals surface area contributed by atoms with Gasteiger partial charge in [0, 0.05) is 18.5 Å². The van der Waals surface area contributed by atoms with E-state index in [1.54, 1.807) is 24.3 Å². The number of amides is 2. The molecule has 7 rings (SSSR count). The van der Waals surface area contributed by atoms with Crippen LogP contribution >= 0.6 is 0 Å². The average Bonchev–Trinajstić information content (AvgIpc) is 3.33. The maximum atomic E-state index is 13.1. The number of aliphatic hydroxyl groups is 1. The molecule has 3 aliphatic heterocycles. The standard InChI is InChI=1S/C38H38N2O5/c41-25-26-12-14-28(15-13-26)35-22-31(24-39-20-6-1-7-21-39)44-38(45-35)29-18-16-27(17-19-29)32-9-3-2-8-30(32)23-40-36(42)33-10-4-5-11-34(33)37(40)43/h2-5,8-19,31,35,38,41H,1,6-7,20-25H2/t31-,35+,38+/m0/s1. The summed E-state index contributed by atoms with van der Waals surface area (Å²) in [6, 6.07) is 31.1. The summed E-state index contributed by atoms with van der Waals surface area (Å²) in [7, 11) is 0. The second kappa shape index (κ2) is 13.1. The molecule has 2 saturated heterocycles. The molecule has 0 radical (unpaired) electrons. The molecule has 0 bridgehead atoms. The second-order valence-corrected chi connectivity index (χ2v) is 12.2. The minimum atomic E-state index is -0.515. The zero-order valence-electron chi connectivity index (χ0n) is 25.3. The molecule has 3 heterocycles. The predicted molar refractivity (Wildman–Crippen MR) is 171 cm³/mol. The number of benzene rings is 4. The van der Waals surface area contributed by atoms with Gasteiger partial charge in [-0.05, 0) is 65.9 Å². The van der Waals surface area contributed by atoms with Gasteiger partial charge in [0.15, 0.2) is 6.29 Å². The Labute approximate surface area is 264 Å². The Hall–Kier alpha value is -4.14. The van der Waals surface area contributed by atoms with Crippen LogP contribution in [0.3, 0.4) is 0 Å². The Morgan fingerprint density at radius 2 is 1.31 bits per heavy atom. The third kappa shape index (κ3) is 6.22. The van der Waals surface area contributed by atoms with Crippen LogP contribution in [0, 0.1) is 0 Å². The quantitative estimate of drug-likeness (QED) is 0.227. The van der Waals surface area contributed by atoms with Gasteiger partial charge in [0.25, 0.3) is 11.8 Å². The van der Waals surface area contributed by atoms with Crippen LogP contribution in [-0.4, -0.2) is 52.5 Å². The highest BCUT2D eigenvalue weighted by molar-refractivity contribution is 6.21. The van der Waals surface area contributed by atoms with E-state index < -0.39 is 6.29 Å². The lowest BCUT2D eigenvalue weighted by Gasteiger charge is -2.39. The van der Waals surface area contributed by atoms with Gasteiger partial charge in [0.05, 0.1) is 36.5 Å². The van der Waals surface area contributed by atoms with Gasteiger partial charge in [-0.1, -0.05) is 91.3 Å². The number of fused-ring (bicyclic) bond motifs is 1. The molecule has 4 aromatic carbocycles. The minimum Gasteiger partial charge on any atom is -0.392 e. The van der Waals surface area contributed by atoms with Gasteiger partial charge in [-0.25, -0.2) is 0 Å². The van der Waals surface area contributed by atoms with E-state index in [2.05, 4.69) is 17.0 Å². The van der Waals surface area contributed by atoms with Gasteiger partial charge in [-0.3, -0.25) is 14.5 Å². The SMILES string of the molecule is O=C1c2ccccc2C(=O)N1Cc1ccccc1-c1ccc([C@@H]2O[C@H](CN3CCCCC3)C[C@H](c3ccc(CO)cc3)O2)cc1. The second-order valence-electron chi connectivity index (χ2n) is 12.2. The van der Waals surface area contributed by atoms with E-state index in [4.69, 9.17) is 9.47 Å². The molecular formula is C38H38N2O5. The molecule has 3 atom stereocenters. The highest BCUT2D eigenvalue weighted by Gasteiger charge is 2.36. The monoisotopic (exact) mass is 602 g/mol. The van der Waals surface area contributed by atoms with Crippen LogP contribution in [0.4, 0.5) is 0 Å². The van der Waals surface area contributed by atoms with Crippen molar-refractivity contribution in [3.8, 4) is 11.1 Å². The predicted octanol–water partition coefficient (Wildman–Crippen LogP) is 6.67. The lowest BCUT2D eigenvalue weighted by molar-refractivity contribution is -0.253. The third-order valence-corrected chi connectivity index (χ3v) is 9.24. The molecule has 0 spiro atoms. The van der Waals surface area contributed by atoms with E-state index in [0.717, 1.165) is 59.4 Å². The van der Waals surface area contributed by atoms with E-state index in [1.807, 2.05) is 60.7 Å². The Kier molecular flexibility index (Phi) is 8.59. The van der Waals surface area contributed by atoms with Crippen molar-refractivity contribution in [1.82, 2.24) is 9.80 Å². The van der Waals surface area contributed by atoms with Crippen LogP contribution < -0.4 is 0 Å². The molecule has 1 N–H and O–H groups in total. The van der Waals surface area contributed by atoms with Gasteiger partial charge >= 0.3 is 0 Å². The molecule has 7 nitrogen and oxygen atoms in total.